The van der Waals surface area contributed by atoms with Crippen LogP contribution in [0.5, 0.6) is 5.75 Å². The highest BCUT2D eigenvalue weighted by atomic mass is 16.3. The van der Waals surface area contributed by atoms with Gasteiger partial charge in [0, 0.05) is 18.2 Å². The van der Waals surface area contributed by atoms with E-state index in [0.717, 1.165) is 43.9 Å². The van der Waals surface area contributed by atoms with Crippen molar-refractivity contribution in [1.29, 1.82) is 5.26 Å². The molecule has 2 aromatic rings. The van der Waals surface area contributed by atoms with E-state index in [1.807, 2.05) is 12.1 Å². The molecule has 0 bridgehead atoms. The molecular formula is C20H25N5O. The van der Waals surface area contributed by atoms with Gasteiger partial charge in [-0.15, -0.1) is 10.2 Å². The lowest BCUT2D eigenvalue weighted by Gasteiger charge is -2.32. The molecule has 0 unspecified atom stereocenters. The number of rotatable bonds is 5. The fourth-order valence-electron chi connectivity index (χ4n) is 3.47. The van der Waals surface area contributed by atoms with Crippen LogP contribution in [0.1, 0.15) is 37.8 Å². The van der Waals surface area contributed by atoms with E-state index in [1.54, 1.807) is 12.1 Å². The average molecular weight is 351 g/mol. The molecule has 1 fully saturated rings. The Balaban J connectivity index is 1.83. The first-order chi connectivity index (χ1) is 12.6. The highest BCUT2D eigenvalue weighted by Crippen LogP contribution is 2.31. The predicted molar refractivity (Wildman–Crippen MR) is 102 cm³/mol. The minimum Gasteiger partial charge on any atom is -0.507 e. The van der Waals surface area contributed by atoms with Gasteiger partial charge in [-0.3, -0.25) is 0 Å². The van der Waals surface area contributed by atoms with Crippen molar-refractivity contribution in [3.63, 3.8) is 0 Å². The van der Waals surface area contributed by atoms with Crippen LogP contribution in [0.2, 0.25) is 0 Å². The Labute approximate surface area is 154 Å². The third kappa shape index (κ3) is 3.94. The van der Waals surface area contributed by atoms with Gasteiger partial charge in [0.05, 0.1) is 17.3 Å². The zero-order valence-electron chi connectivity index (χ0n) is 15.4. The summed E-state index contributed by atoms with van der Waals surface area (Å²) in [6.07, 6.45) is 3.11. The quantitative estimate of drug-likeness (QED) is 0.860. The van der Waals surface area contributed by atoms with Crippen molar-refractivity contribution < 1.29 is 5.11 Å². The second-order valence-corrected chi connectivity index (χ2v) is 6.68. The van der Waals surface area contributed by atoms with Gasteiger partial charge in [0.25, 0.3) is 0 Å². The van der Waals surface area contributed by atoms with Gasteiger partial charge in [-0.2, -0.15) is 5.26 Å². The van der Waals surface area contributed by atoms with E-state index < -0.39 is 0 Å². The number of nitrogens with one attached hydrogen (secondary N) is 1. The Kier molecular flexibility index (Phi) is 5.69. The van der Waals surface area contributed by atoms with Crippen molar-refractivity contribution in [2.75, 3.05) is 25.0 Å². The molecule has 0 aliphatic carbocycles. The van der Waals surface area contributed by atoms with Gasteiger partial charge in [0.1, 0.15) is 11.6 Å². The molecule has 0 amide bonds. The van der Waals surface area contributed by atoms with E-state index in [9.17, 15) is 5.11 Å². The summed E-state index contributed by atoms with van der Waals surface area (Å²) in [6, 6.07) is 9.31. The maximum Gasteiger partial charge on any atom is 0.149 e. The first-order valence-electron chi connectivity index (χ1n) is 9.23. The lowest BCUT2D eigenvalue weighted by molar-refractivity contribution is 0.226. The van der Waals surface area contributed by atoms with Crippen molar-refractivity contribution in [1.82, 2.24) is 15.1 Å². The molecule has 2 heterocycles. The van der Waals surface area contributed by atoms with Crippen LogP contribution in [-0.2, 0) is 6.42 Å². The van der Waals surface area contributed by atoms with E-state index in [2.05, 4.69) is 34.3 Å². The number of hydrogen-bond donors (Lipinski definition) is 2. The number of benzene rings is 1. The van der Waals surface area contributed by atoms with Crippen LogP contribution < -0.4 is 5.32 Å². The number of likely N-dealkylation sites (N-methyl/N-ethyl adjacent to an activating group) is 1. The smallest absolute Gasteiger partial charge is 0.149 e. The highest BCUT2D eigenvalue weighted by molar-refractivity contribution is 5.71. The predicted octanol–water partition coefficient (Wildman–Crippen LogP) is 3.18. The molecule has 2 N–H and O–H groups in total. The van der Waals surface area contributed by atoms with Gasteiger partial charge in [0.2, 0.25) is 0 Å². The first-order valence-corrected chi connectivity index (χ1v) is 9.23. The number of nitriles is 1. The number of aromatic hydroxyl groups is 1. The van der Waals surface area contributed by atoms with Crippen LogP contribution in [0.25, 0.3) is 11.3 Å². The number of hydrogen-bond acceptors (Lipinski definition) is 6. The summed E-state index contributed by atoms with van der Waals surface area (Å²) < 4.78 is 0. The van der Waals surface area contributed by atoms with E-state index in [-0.39, 0.29) is 5.75 Å². The molecule has 1 aliphatic heterocycles. The third-order valence-corrected chi connectivity index (χ3v) is 4.94. The molecule has 1 aromatic carbocycles. The lowest BCUT2D eigenvalue weighted by atomic mass is 10.0. The van der Waals surface area contributed by atoms with Crippen molar-refractivity contribution in [3.05, 3.63) is 35.4 Å². The summed E-state index contributed by atoms with van der Waals surface area (Å²) in [5, 5.41) is 31.4. The molecule has 1 atom stereocenters. The molecule has 6 nitrogen and oxygen atoms in total. The largest absolute Gasteiger partial charge is 0.507 e. The van der Waals surface area contributed by atoms with E-state index in [0.29, 0.717) is 22.9 Å². The molecule has 26 heavy (non-hydrogen) atoms. The SMILES string of the molecule is CCc1cc(N[C@@H]2CCCN(CC)C2)nnc1-c1ccc(C#N)cc1O. The fourth-order valence-corrected chi connectivity index (χ4v) is 3.47. The summed E-state index contributed by atoms with van der Waals surface area (Å²) in [5.41, 5.74) is 2.72. The minimum atomic E-state index is 0.0552. The molecule has 3 rings (SSSR count). The summed E-state index contributed by atoms with van der Waals surface area (Å²) in [5.74, 6) is 0.835. The Hall–Kier alpha value is -2.65. The Morgan fingerprint density at radius 1 is 1.31 bits per heavy atom. The number of aromatic nitrogens is 2. The zero-order valence-corrected chi connectivity index (χ0v) is 15.4. The summed E-state index contributed by atoms with van der Waals surface area (Å²) in [7, 11) is 0. The van der Waals surface area contributed by atoms with Crippen molar-refractivity contribution >= 4 is 5.82 Å². The number of likely N-dealkylation sites (tertiary alicyclic amines) is 1. The van der Waals surface area contributed by atoms with Crippen LogP contribution in [-0.4, -0.2) is 45.9 Å². The number of anilines is 1. The number of nitrogens with zero attached hydrogens (tertiary/aromatic N) is 4. The molecule has 1 saturated heterocycles. The normalized spacial score (nSPS) is 17.7. The molecule has 0 saturated carbocycles. The van der Waals surface area contributed by atoms with E-state index in [1.165, 1.54) is 12.5 Å². The zero-order chi connectivity index (χ0) is 18.5. The Morgan fingerprint density at radius 2 is 2.15 bits per heavy atom. The number of aryl methyl sites for hydroxylation is 1. The maximum atomic E-state index is 10.2. The van der Waals surface area contributed by atoms with Gasteiger partial charge >= 0.3 is 0 Å². The second-order valence-electron chi connectivity index (χ2n) is 6.68. The van der Waals surface area contributed by atoms with Gasteiger partial charge < -0.3 is 15.3 Å². The van der Waals surface area contributed by atoms with Gasteiger partial charge in [0.15, 0.2) is 0 Å². The van der Waals surface area contributed by atoms with Crippen LogP contribution in [0, 0.1) is 11.3 Å². The van der Waals surface area contributed by atoms with Crippen molar-refractivity contribution in [2.24, 2.45) is 0 Å². The van der Waals surface area contributed by atoms with E-state index >= 15 is 0 Å². The second kappa shape index (κ2) is 8.15. The average Bonchev–Trinajstić information content (AvgIpc) is 2.68. The molecule has 0 spiro atoms. The van der Waals surface area contributed by atoms with Gasteiger partial charge in [-0.05, 0) is 62.2 Å². The van der Waals surface area contributed by atoms with Crippen LogP contribution in [0.3, 0.4) is 0 Å². The number of phenolic OH excluding ortho intramolecular Hbond substituents is 1. The summed E-state index contributed by atoms with van der Waals surface area (Å²) in [6.45, 7) is 7.51. The number of piperidine rings is 1. The topological polar surface area (TPSA) is 85.1 Å². The fraction of sp³-hybridized carbons (Fsp3) is 0.450. The van der Waals surface area contributed by atoms with Crippen molar-refractivity contribution in [3.8, 4) is 23.1 Å². The summed E-state index contributed by atoms with van der Waals surface area (Å²) in [4.78, 5) is 2.44. The van der Waals surface area contributed by atoms with Crippen molar-refractivity contribution in [2.45, 2.75) is 39.2 Å². The standard InChI is InChI=1S/C20H25N5O/c1-3-15-11-19(22-16-6-5-9-25(4-2)13-16)23-24-20(15)17-8-7-14(12-21)10-18(17)26/h7-8,10-11,16,26H,3-6,9,13H2,1-2H3,(H,22,23)/t16-/m1/s1. The molecule has 0 radical (unpaired) electrons. The van der Waals surface area contributed by atoms with Crippen LogP contribution >= 0.6 is 0 Å². The molecular weight excluding hydrogens is 326 g/mol. The first kappa shape index (κ1) is 18.2. The maximum absolute atomic E-state index is 10.2. The molecule has 1 aromatic heterocycles. The van der Waals surface area contributed by atoms with Crippen LogP contribution in [0.4, 0.5) is 5.82 Å². The van der Waals surface area contributed by atoms with E-state index in [4.69, 9.17) is 5.26 Å². The van der Waals surface area contributed by atoms with Gasteiger partial charge in [-0.1, -0.05) is 13.8 Å². The molecule has 136 valence electrons. The Morgan fingerprint density at radius 3 is 2.85 bits per heavy atom. The monoisotopic (exact) mass is 351 g/mol. The van der Waals surface area contributed by atoms with Crippen LogP contribution in [0.15, 0.2) is 24.3 Å². The molecule has 6 heteroatoms. The number of phenols is 1. The lowest BCUT2D eigenvalue weighted by Crippen LogP contribution is -2.42. The third-order valence-electron chi connectivity index (χ3n) is 4.94. The minimum absolute atomic E-state index is 0.0552. The highest BCUT2D eigenvalue weighted by Gasteiger charge is 2.20. The van der Waals surface area contributed by atoms with Gasteiger partial charge in [-0.25, -0.2) is 0 Å². The molecule has 1 aliphatic rings. The summed E-state index contributed by atoms with van der Waals surface area (Å²) >= 11 is 0. The Bertz CT molecular complexity index is 814.